The highest BCUT2D eigenvalue weighted by atomic mass is 32.1. The molecule has 0 saturated carbocycles. The van der Waals surface area contributed by atoms with Crippen LogP contribution in [0.25, 0.3) is 0 Å². The van der Waals surface area contributed by atoms with Crippen molar-refractivity contribution in [3.63, 3.8) is 0 Å². The van der Waals surface area contributed by atoms with Gasteiger partial charge < -0.3 is 24.8 Å². The summed E-state index contributed by atoms with van der Waals surface area (Å²) in [6.45, 7) is 3.06. The van der Waals surface area contributed by atoms with E-state index in [1.807, 2.05) is 0 Å². The van der Waals surface area contributed by atoms with E-state index in [2.05, 4.69) is 12.2 Å². The fourth-order valence-electron chi connectivity index (χ4n) is 5.08. The Hall–Kier alpha value is -1.23. The molecule has 1 aliphatic heterocycles. The molecule has 10 nitrogen and oxygen atoms in total. The van der Waals surface area contributed by atoms with Gasteiger partial charge in [-0.1, -0.05) is 115 Å². The summed E-state index contributed by atoms with van der Waals surface area (Å²) in [6.07, 6.45) is 21.6. The molecule has 244 valence electrons. The molecular weight excluding hydrogens is 579 g/mol. The molecular formula is C30H56N2O8PS+. The topological polar surface area (TPSA) is 127 Å². The van der Waals surface area contributed by atoms with E-state index in [-0.39, 0.29) is 32.2 Å². The van der Waals surface area contributed by atoms with E-state index in [4.69, 9.17) is 18.5 Å². The number of rotatable bonds is 26. The first-order valence-corrected chi connectivity index (χ1v) is 18.6. The van der Waals surface area contributed by atoms with Crippen molar-refractivity contribution in [2.24, 2.45) is 0 Å². The number of thiazole rings is 1. The van der Waals surface area contributed by atoms with Crippen molar-refractivity contribution in [3.05, 3.63) is 10.9 Å². The Morgan fingerprint density at radius 1 is 0.976 bits per heavy atom. The quantitative estimate of drug-likeness (QED) is 0.0546. The maximum Gasteiger partial charge on any atom is 0.472 e. The van der Waals surface area contributed by atoms with Gasteiger partial charge in [0.2, 0.25) is 5.51 Å². The lowest BCUT2D eigenvalue weighted by Crippen LogP contribution is -2.41. The summed E-state index contributed by atoms with van der Waals surface area (Å²) in [6, 6.07) is 0. The van der Waals surface area contributed by atoms with E-state index in [1.165, 1.54) is 106 Å². The van der Waals surface area contributed by atoms with E-state index >= 15 is 0 Å². The predicted molar refractivity (Wildman–Crippen MR) is 165 cm³/mol. The van der Waals surface area contributed by atoms with Gasteiger partial charge in [-0.15, -0.1) is 0 Å². The Morgan fingerprint density at radius 3 is 2.10 bits per heavy atom. The van der Waals surface area contributed by atoms with E-state index in [9.17, 15) is 19.4 Å². The van der Waals surface area contributed by atoms with Crippen molar-refractivity contribution >= 4 is 25.3 Å². The minimum atomic E-state index is -4.34. The number of phosphoric acid groups is 1. The second-order valence-electron chi connectivity index (χ2n) is 11.4. The van der Waals surface area contributed by atoms with E-state index < -0.39 is 19.5 Å². The average molecular weight is 636 g/mol. The van der Waals surface area contributed by atoms with Crippen LogP contribution in [0, 0.1) is 0 Å². The Kier molecular flexibility index (Phi) is 19.6. The summed E-state index contributed by atoms with van der Waals surface area (Å²) in [4.78, 5) is 22.3. The molecule has 2 heterocycles. The van der Waals surface area contributed by atoms with Crippen molar-refractivity contribution in [1.82, 2.24) is 5.32 Å². The number of aromatic nitrogens is 1. The second kappa shape index (κ2) is 22.3. The van der Waals surface area contributed by atoms with Crippen LogP contribution in [0.1, 0.15) is 122 Å². The molecule has 0 spiro atoms. The molecule has 1 aliphatic rings. The largest absolute Gasteiger partial charge is 0.472 e. The number of nitrogens with one attached hydrogen (secondary N) is 1. The zero-order chi connectivity index (χ0) is 30.4. The normalized spacial score (nSPS) is 18.2. The molecule has 0 aromatic carbocycles. The van der Waals surface area contributed by atoms with Crippen molar-refractivity contribution in [2.45, 2.75) is 135 Å². The van der Waals surface area contributed by atoms with Crippen LogP contribution < -0.4 is 9.88 Å². The van der Waals surface area contributed by atoms with Gasteiger partial charge in [-0.25, -0.2) is 9.36 Å². The Morgan fingerprint density at radius 2 is 1.57 bits per heavy atom. The van der Waals surface area contributed by atoms with Gasteiger partial charge in [0.15, 0.2) is 6.54 Å². The molecule has 0 aliphatic carbocycles. The Labute approximate surface area is 257 Å². The Bertz CT molecular complexity index is 881. The van der Waals surface area contributed by atoms with Gasteiger partial charge in [0.1, 0.15) is 24.2 Å². The van der Waals surface area contributed by atoms with Crippen LogP contribution in [0.4, 0.5) is 4.79 Å². The highest BCUT2D eigenvalue weighted by Crippen LogP contribution is 2.45. The molecule has 1 saturated heterocycles. The molecule has 1 aromatic heterocycles. The first-order chi connectivity index (χ1) is 20.4. The fraction of sp³-hybridized carbons (Fsp3) is 0.867. The van der Waals surface area contributed by atoms with Gasteiger partial charge in [0.25, 0.3) is 0 Å². The highest BCUT2D eigenvalue weighted by Gasteiger charge is 2.40. The molecule has 42 heavy (non-hydrogen) atoms. The maximum atomic E-state index is 12.3. The number of amides is 1. The second-order valence-corrected chi connectivity index (χ2v) is 13.6. The number of carbonyl (C=O) groups is 1. The molecule has 3 N–H and O–H groups in total. The number of hydrogen-bond donors (Lipinski definition) is 3. The van der Waals surface area contributed by atoms with Crippen molar-refractivity contribution < 1.29 is 42.4 Å². The zero-order valence-corrected chi connectivity index (χ0v) is 27.5. The molecule has 2 atom stereocenters. The van der Waals surface area contributed by atoms with Gasteiger partial charge in [0.05, 0.1) is 6.61 Å². The molecule has 0 radical (unpaired) electrons. The summed E-state index contributed by atoms with van der Waals surface area (Å²) in [5.41, 5.74) is 0.694. The van der Waals surface area contributed by atoms with Crippen molar-refractivity contribution in [1.29, 1.82) is 0 Å². The van der Waals surface area contributed by atoms with Gasteiger partial charge in [-0.2, -0.15) is 4.57 Å². The molecule has 1 fully saturated rings. The smallest absolute Gasteiger partial charge is 0.459 e. The summed E-state index contributed by atoms with van der Waals surface area (Å²) in [5.74, 6) is 0.0563. The third kappa shape index (κ3) is 17.2. The van der Waals surface area contributed by atoms with Crippen LogP contribution in [0.5, 0.6) is 5.88 Å². The monoisotopic (exact) mass is 635 g/mol. The number of aromatic hydroxyl groups is 1. The van der Waals surface area contributed by atoms with Crippen LogP contribution in [0.3, 0.4) is 0 Å². The number of unbranched alkanes of at least 4 members (excludes halogenated alkanes) is 15. The predicted octanol–water partition coefficient (Wildman–Crippen LogP) is 7.41. The van der Waals surface area contributed by atoms with Crippen LogP contribution in [0.15, 0.2) is 10.9 Å². The number of phosphoric ester groups is 1. The molecule has 2 rings (SSSR count). The molecule has 2 unspecified atom stereocenters. The molecule has 1 amide bonds. The minimum absolute atomic E-state index is 0.0563. The van der Waals surface area contributed by atoms with E-state index in [0.717, 1.165) is 19.3 Å². The summed E-state index contributed by atoms with van der Waals surface area (Å²) >= 11 is 1.30. The fourth-order valence-corrected chi connectivity index (χ4v) is 6.54. The first kappa shape index (κ1) is 37.0. The van der Waals surface area contributed by atoms with Gasteiger partial charge in [0, 0.05) is 13.2 Å². The van der Waals surface area contributed by atoms with Gasteiger partial charge in [-0.3, -0.25) is 9.05 Å². The third-order valence-electron chi connectivity index (χ3n) is 7.68. The van der Waals surface area contributed by atoms with Crippen LogP contribution in [0.2, 0.25) is 0 Å². The van der Waals surface area contributed by atoms with Gasteiger partial charge >= 0.3 is 19.8 Å². The van der Waals surface area contributed by atoms with E-state index in [0.29, 0.717) is 19.6 Å². The summed E-state index contributed by atoms with van der Waals surface area (Å²) < 4.78 is 35.1. The molecule has 1 aromatic rings. The lowest BCUT2D eigenvalue weighted by molar-refractivity contribution is -0.698. The first-order valence-electron chi connectivity index (χ1n) is 16.2. The summed E-state index contributed by atoms with van der Waals surface area (Å²) in [7, 11) is -4.34. The maximum absolute atomic E-state index is 12.3. The summed E-state index contributed by atoms with van der Waals surface area (Å²) in [5, 5.41) is 14.0. The van der Waals surface area contributed by atoms with E-state index in [1.54, 1.807) is 10.9 Å². The van der Waals surface area contributed by atoms with Crippen LogP contribution >= 0.6 is 19.2 Å². The lowest BCUT2D eigenvalue weighted by Gasteiger charge is -2.28. The van der Waals surface area contributed by atoms with Crippen molar-refractivity contribution in [2.75, 3.05) is 33.0 Å². The number of hydrogen-bond acceptors (Lipinski definition) is 8. The average Bonchev–Trinajstić information content (AvgIpc) is 3.62. The SMILES string of the molecule is CCCCCCCCCCCCCCCCCCNC(=O)OCC1(COP(=O)(O)OCC[n+]2cscc2O)CCCO1. The molecule has 12 heteroatoms. The minimum Gasteiger partial charge on any atom is -0.459 e. The molecule has 0 bridgehead atoms. The highest BCUT2D eigenvalue weighted by molar-refractivity contribution is 7.47. The Balaban J connectivity index is 1.45. The van der Waals surface area contributed by atoms with Crippen LogP contribution in [-0.4, -0.2) is 54.7 Å². The number of ether oxygens (including phenoxy) is 2. The van der Waals surface area contributed by atoms with Crippen LogP contribution in [-0.2, 0) is 29.6 Å². The number of nitrogens with zero attached hydrogens (tertiary/aromatic N) is 1. The zero-order valence-electron chi connectivity index (χ0n) is 25.8. The van der Waals surface area contributed by atoms with Crippen molar-refractivity contribution in [3.8, 4) is 5.88 Å². The van der Waals surface area contributed by atoms with Gasteiger partial charge in [-0.05, 0) is 19.3 Å². The standard InChI is InChI=1S/C30H55N2O8PS/c1-2-3-4-5-6-7-8-9-10-11-12-13-14-15-16-17-20-31-29(34)37-25-30(19-18-22-38-30)26-40-41(35,36)39-23-21-32-27-42-24-28(32)33/h24,27H,2-23,25-26H2,1H3,(H2-,31,33,34,35,36)/p+1. The number of alkyl carbamates (subject to hydrolysis) is 1. The number of carbonyl (C=O) groups excluding carboxylic acids is 1. The third-order valence-corrected chi connectivity index (χ3v) is 9.37. The lowest BCUT2D eigenvalue weighted by atomic mass is 10.0.